The van der Waals surface area contributed by atoms with Crippen molar-refractivity contribution in [3.8, 4) is 5.75 Å². The second kappa shape index (κ2) is 6.72. The Morgan fingerprint density at radius 2 is 1.70 bits per heavy atom. The zero-order chi connectivity index (χ0) is 15.4. The normalized spacial score (nSPS) is 12.4. The Morgan fingerprint density at radius 3 is 2.10 bits per heavy atom. The molecule has 1 rings (SSSR count). The molecular formula is C12H19O6PS. The lowest BCUT2D eigenvalue weighted by atomic mass is 10.2. The summed E-state index contributed by atoms with van der Waals surface area (Å²) >= 11 is 0. The van der Waals surface area contributed by atoms with E-state index in [9.17, 15) is 13.0 Å². The molecule has 1 aromatic carbocycles. The molecule has 0 saturated heterocycles. The molecule has 0 aliphatic heterocycles. The Hall–Kier alpha value is -0.880. The van der Waals surface area contributed by atoms with Gasteiger partial charge in [-0.15, -0.1) is 0 Å². The van der Waals surface area contributed by atoms with Gasteiger partial charge >= 0.3 is 7.82 Å². The van der Waals surface area contributed by atoms with Gasteiger partial charge in [-0.25, -0.2) is 13.0 Å². The summed E-state index contributed by atoms with van der Waals surface area (Å²) in [4.78, 5) is 0.201. The number of benzene rings is 1. The van der Waals surface area contributed by atoms with E-state index in [0.717, 1.165) is 6.26 Å². The monoisotopic (exact) mass is 322 g/mol. The second-order valence-corrected chi connectivity index (χ2v) is 7.65. The van der Waals surface area contributed by atoms with Crippen LogP contribution in [0, 0.1) is 6.92 Å². The molecule has 0 saturated carbocycles. The fourth-order valence-corrected chi connectivity index (χ4v) is 3.77. The van der Waals surface area contributed by atoms with Gasteiger partial charge in [-0.3, -0.25) is 9.05 Å². The maximum Gasteiger partial charge on any atom is 0.530 e. The van der Waals surface area contributed by atoms with Crippen LogP contribution in [0.2, 0.25) is 0 Å². The smallest absolute Gasteiger partial charge is 0.404 e. The van der Waals surface area contributed by atoms with Crippen molar-refractivity contribution in [3.63, 3.8) is 0 Å². The molecule has 114 valence electrons. The quantitative estimate of drug-likeness (QED) is 0.718. The topological polar surface area (TPSA) is 78.9 Å². The van der Waals surface area contributed by atoms with Crippen LogP contribution < -0.4 is 4.52 Å². The predicted molar refractivity (Wildman–Crippen MR) is 75.8 cm³/mol. The summed E-state index contributed by atoms with van der Waals surface area (Å²) in [6, 6.07) is 4.32. The van der Waals surface area contributed by atoms with E-state index in [1.54, 1.807) is 20.8 Å². The summed E-state index contributed by atoms with van der Waals surface area (Å²) in [5, 5.41) is 0. The SMILES string of the molecule is CCOP(=O)(OCC)Oc1ccc(S(C)(=O)=O)c(C)c1. The van der Waals surface area contributed by atoms with Crippen LogP contribution in [0.25, 0.3) is 0 Å². The van der Waals surface area contributed by atoms with Crippen LogP contribution in [0.3, 0.4) is 0 Å². The van der Waals surface area contributed by atoms with Crippen LogP contribution in [0.4, 0.5) is 0 Å². The van der Waals surface area contributed by atoms with Crippen molar-refractivity contribution in [2.24, 2.45) is 0 Å². The lowest BCUT2D eigenvalue weighted by molar-refractivity contribution is 0.167. The fraction of sp³-hybridized carbons (Fsp3) is 0.500. The standard InChI is InChI=1S/C12H19O6PS/c1-5-16-19(13,17-6-2)18-11-7-8-12(10(3)9-11)20(4,14)15/h7-9H,5-6H2,1-4H3. The number of phosphoric ester groups is 1. The average molecular weight is 322 g/mol. The summed E-state index contributed by atoms with van der Waals surface area (Å²) in [5.74, 6) is 0.236. The molecular weight excluding hydrogens is 303 g/mol. The second-order valence-electron chi connectivity index (χ2n) is 4.07. The Balaban J connectivity index is 3.05. The third kappa shape index (κ3) is 4.59. The number of aryl methyl sites for hydroxylation is 1. The minimum Gasteiger partial charge on any atom is -0.404 e. The third-order valence-electron chi connectivity index (χ3n) is 2.34. The average Bonchev–Trinajstić information content (AvgIpc) is 2.27. The lowest BCUT2D eigenvalue weighted by Crippen LogP contribution is -2.04. The van der Waals surface area contributed by atoms with Crippen molar-refractivity contribution in [3.05, 3.63) is 23.8 Å². The van der Waals surface area contributed by atoms with Gasteiger partial charge < -0.3 is 4.52 Å². The van der Waals surface area contributed by atoms with Gasteiger partial charge in [-0.1, -0.05) is 0 Å². The molecule has 0 amide bonds. The number of phosphoric acid groups is 1. The summed E-state index contributed by atoms with van der Waals surface area (Å²) in [6.45, 7) is 5.34. The zero-order valence-corrected chi connectivity index (χ0v) is 13.7. The van der Waals surface area contributed by atoms with E-state index in [0.29, 0.717) is 5.56 Å². The summed E-state index contributed by atoms with van der Waals surface area (Å²) in [5.41, 5.74) is 0.504. The molecule has 0 atom stereocenters. The molecule has 1 aromatic rings. The van der Waals surface area contributed by atoms with Gasteiger partial charge in [0, 0.05) is 6.26 Å². The van der Waals surface area contributed by atoms with Crippen molar-refractivity contribution >= 4 is 17.7 Å². The molecule has 0 aromatic heterocycles. The van der Waals surface area contributed by atoms with Gasteiger partial charge in [0.2, 0.25) is 0 Å². The molecule has 20 heavy (non-hydrogen) atoms. The van der Waals surface area contributed by atoms with Crippen molar-refractivity contribution in [2.75, 3.05) is 19.5 Å². The zero-order valence-electron chi connectivity index (χ0n) is 12.0. The van der Waals surface area contributed by atoms with Crippen LogP contribution in [0.5, 0.6) is 5.75 Å². The third-order valence-corrected chi connectivity index (χ3v) is 5.18. The van der Waals surface area contributed by atoms with Gasteiger partial charge in [0.15, 0.2) is 9.84 Å². The van der Waals surface area contributed by atoms with E-state index in [2.05, 4.69) is 0 Å². The van der Waals surface area contributed by atoms with Crippen LogP contribution in [0.1, 0.15) is 19.4 Å². The first-order chi connectivity index (χ1) is 9.22. The minimum absolute atomic E-state index is 0.178. The highest BCUT2D eigenvalue weighted by atomic mass is 32.2. The Kier molecular flexibility index (Phi) is 5.77. The number of sulfone groups is 1. The molecule has 0 aliphatic carbocycles. The Bertz CT molecular complexity index is 600. The molecule has 0 radical (unpaired) electrons. The van der Waals surface area contributed by atoms with E-state index >= 15 is 0 Å². The first-order valence-corrected chi connectivity index (χ1v) is 9.46. The van der Waals surface area contributed by atoms with Gasteiger partial charge in [-0.05, 0) is 44.5 Å². The summed E-state index contributed by atoms with van der Waals surface area (Å²) in [7, 11) is -6.97. The lowest BCUT2D eigenvalue weighted by Gasteiger charge is -2.17. The van der Waals surface area contributed by atoms with Crippen molar-refractivity contribution in [2.45, 2.75) is 25.7 Å². The van der Waals surface area contributed by atoms with E-state index < -0.39 is 17.7 Å². The van der Waals surface area contributed by atoms with Crippen LogP contribution in [0.15, 0.2) is 23.1 Å². The first-order valence-electron chi connectivity index (χ1n) is 6.11. The van der Waals surface area contributed by atoms with Gasteiger partial charge in [-0.2, -0.15) is 0 Å². The van der Waals surface area contributed by atoms with E-state index in [1.807, 2.05) is 0 Å². The maximum atomic E-state index is 12.2. The van der Waals surface area contributed by atoms with Gasteiger partial charge in [0.05, 0.1) is 18.1 Å². The summed E-state index contributed by atoms with van der Waals surface area (Å²) < 4.78 is 50.5. The highest BCUT2D eigenvalue weighted by Crippen LogP contribution is 2.49. The molecule has 0 unspecified atom stereocenters. The number of hydrogen-bond donors (Lipinski definition) is 0. The molecule has 0 aliphatic rings. The Labute approximate surface area is 119 Å². The van der Waals surface area contributed by atoms with Crippen LogP contribution in [-0.4, -0.2) is 27.9 Å². The van der Waals surface area contributed by atoms with Crippen LogP contribution >= 0.6 is 7.82 Å². The maximum absolute atomic E-state index is 12.2. The predicted octanol–water partition coefficient (Wildman–Crippen LogP) is 2.96. The van der Waals surface area contributed by atoms with E-state index in [4.69, 9.17) is 13.6 Å². The van der Waals surface area contributed by atoms with Gasteiger partial charge in [0.1, 0.15) is 5.75 Å². The Morgan fingerprint density at radius 1 is 1.15 bits per heavy atom. The van der Waals surface area contributed by atoms with E-state index in [-0.39, 0.29) is 23.9 Å². The van der Waals surface area contributed by atoms with Gasteiger partial charge in [0.25, 0.3) is 0 Å². The molecule has 8 heteroatoms. The first kappa shape index (κ1) is 17.2. The molecule has 0 bridgehead atoms. The van der Waals surface area contributed by atoms with E-state index in [1.165, 1.54) is 18.2 Å². The number of rotatable bonds is 7. The molecule has 0 heterocycles. The fourth-order valence-electron chi connectivity index (χ4n) is 1.63. The summed E-state index contributed by atoms with van der Waals surface area (Å²) in [6.07, 6.45) is 1.13. The largest absolute Gasteiger partial charge is 0.530 e. The van der Waals surface area contributed by atoms with Crippen LogP contribution in [-0.2, 0) is 23.4 Å². The molecule has 0 fully saturated rings. The highest BCUT2D eigenvalue weighted by molar-refractivity contribution is 7.90. The molecule has 0 spiro atoms. The number of hydrogen-bond acceptors (Lipinski definition) is 6. The molecule has 6 nitrogen and oxygen atoms in total. The van der Waals surface area contributed by atoms with Crippen molar-refractivity contribution in [1.29, 1.82) is 0 Å². The van der Waals surface area contributed by atoms with Crippen molar-refractivity contribution in [1.82, 2.24) is 0 Å². The highest BCUT2D eigenvalue weighted by Gasteiger charge is 2.27. The van der Waals surface area contributed by atoms with Crippen molar-refractivity contribution < 1.29 is 26.6 Å². The minimum atomic E-state index is -3.67. The molecule has 0 N–H and O–H groups in total.